The molecule has 2 N–H and O–H groups in total. The highest BCUT2D eigenvalue weighted by molar-refractivity contribution is 9.10. The molecular formula is C13H13BrClNO4. The molecule has 0 spiro atoms. The summed E-state index contributed by atoms with van der Waals surface area (Å²) in [6.45, 7) is 0.284. The summed E-state index contributed by atoms with van der Waals surface area (Å²) in [5.74, 6) is -1.23. The average Bonchev–Trinajstić information content (AvgIpc) is 2.83. The Hall–Kier alpha value is -1.11. The number of carboxylic acids is 1. The molecule has 20 heavy (non-hydrogen) atoms. The van der Waals surface area contributed by atoms with Gasteiger partial charge in [-0.2, -0.15) is 0 Å². The van der Waals surface area contributed by atoms with Crippen molar-refractivity contribution in [2.45, 2.75) is 25.0 Å². The van der Waals surface area contributed by atoms with Crippen LogP contribution in [-0.2, 0) is 9.53 Å². The first-order valence-corrected chi connectivity index (χ1v) is 7.25. The van der Waals surface area contributed by atoms with Crippen molar-refractivity contribution in [3.8, 4) is 0 Å². The highest BCUT2D eigenvalue weighted by atomic mass is 79.9. The van der Waals surface area contributed by atoms with Crippen LogP contribution in [0.2, 0.25) is 5.02 Å². The lowest BCUT2D eigenvalue weighted by atomic mass is 10.2. The molecule has 0 aromatic heterocycles. The number of benzene rings is 1. The van der Waals surface area contributed by atoms with Crippen LogP contribution < -0.4 is 5.32 Å². The van der Waals surface area contributed by atoms with Crippen LogP contribution in [0.3, 0.4) is 0 Å². The fraction of sp³-hybridized carbons (Fsp3) is 0.385. The molecule has 0 radical (unpaired) electrons. The van der Waals surface area contributed by atoms with Crippen molar-refractivity contribution in [3.05, 3.63) is 33.3 Å². The molecule has 1 amide bonds. The van der Waals surface area contributed by atoms with Crippen LogP contribution in [0.25, 0.3) is 0 Å². The average molecular weight is 363 g/mol. The number of hydrogen-bond donors (Lipinski definition) is 2. The minimum Gasteiger partial charge on any atom is -0.479 e. The Kier molecular flexibility index (Phi) is 5.01. The van der Waals surface area contributed by atoms with E-state index in [9.17, 15) is 9.59 Å². The van der Waals surface area contributed by atoms with Gasteiger partial charge in [-0.15, -0.1) is 0 Å². The lowest BCUT2D eigenvalue weighted by Crippen LogP contribution is -2.33. The van der Waals surface area contributed by atoms with Crippen molar-refractivity contribution in [2.75, 3.05) is 6.54 Å². The summed E-state index contributed by atoms with van der Waals surface area (Å²) >= 11 is 9.14. The van der Waals surface area contributed by atoms with Crippen molar-refractivity contribution >= 4 is 39.4 Å². The topological polar surface area (TPSA) is 75.6 Å². The van der Waals surface area contributed by atoms with Crippen molar-refractivity contribution in [1.29, 1.82) is 0 Å². The summed E-state index contributed by atoms with van der Waals surface area (Å²) in [7, 11) is 0. The Morgan fingerprint density at radius 3 is 2.75 bits per heavy atom. The second kappa shape index (κ2) is 6.56. The highest BCUT2D eigenvalue weighted by Gasteiger charge is 2.30. The molecule has 1 aromatic carbocycles. The molecule has 0 saturated carbocycles. The SMILES string of the molecule is O=C(NCC1CCC(C(=O)O)O1)c1cc(Cl)cc(Br)c1. The minimum absolute atomic E-state index is 0.261. The molecule has 108 valence electrons. The van der Waals surface area contributed by atoms with Crippen LogP contribution >= 0.6 is 27.5 Å². The molecule has 5 nitrogen and oxygen atoms in total. The van der Waals surface area contributed by atoms with Gasteiger partial charge in [-0.3, -0.25) is 4.79 Å². The Morgan fingerprint density at radius 2 is 2.15 bits per heavy atom. The Bertz CT molecular complexity index is 517. The monoisotopic (exact) mass is 361 g/mol. The van der Waals surface area contributed by atoms with Gasteiger partial charge in [-0.1, -0.05) is 27.5 Å². The molecule has 7 heteroatoms. The predicted molar refractivity (Wildman–Crippen MR) is 77.0 cm³/mol. The quantitative estimate of drug-likeness (QED) is 0.863. The number of nitrogens with one attached hydrogen (secondary N) is 1. The number of hydrogen-bond acceptors (Lipinski definition) is 3. The van der Waals surface area contributed by atoms with Crippen molar-refractivity contribution in [1.82, 2.24) is 5.32 Å². The normalized spacial score (nSPS) is 21.7. The highest BCUT2D eigenvalue weighted by Crippen LogP contribution is 2.21. The largest absolute Gasteiger partial charge is 0.479 e. The summed E-state index contributed by atoms with van der Waals surface area (Å²) in [4.78, 5) is 22.7. The van der Waals surface area contributed by atoms with Crippen molar-refractivity contribution in [3.63, 3.8) is 0 Å². The Labute approximate surface area is 129 Å². The summed E-state index contributed by atoms with van der Waals surface area (Å²) in [6.07, 6.45) is 0.0645. The number of amides is 1. The molecular weight excluding hydrogens is 350 g/mol. The van der Waals surface area contributed by atoms with Crippen LogP contribution in [-0.4, -0.2) is 35.7 Å². The third-order valence-corrected chi connectivity index (χ3v) is 3.67. The van der Waals surface area contributed by atoms with E-state index in [1.54, 1.807) is 18.2 Å². The molecule has 0 aliphatic carbocycles. The van der Waals surface area contributed by atoms with Gasteiger partial charge < -0.3 is 15.2 Å². The van der Waals surface area contributed by atoms with Gasteiger partial charge >= 0.3 is 5.97 Å². The van der Waals surface area contributed by atoms with Gasteiger partial charge in [0.15, 0.2) is 6.10 Å². The second-order valence-corrected chi connectivity index (χ2v) is 5.88. The Balaban J connectivity index is 1.88. The van der Waals surface area contributed by atoms with E-state index in [1.165, 1.54) is 0 Å². The number of halogens is 2. The third kappa shape index (κ3) is 3.94. The molecule has 1 aliphatic rings. The molecule has 1 aromatic rings. The maximum Gasteiger partial charge on any atom is 0.332 e. The minimum atomic E-state index is -0.961. The summed E-state index contributed by atoms with van der Waals surface area (Å²) in [6, 6.07) is 4.92. The summed E-state index contributed by atoms with van der Waals surface area (Å²) in [5, 5.41) is 12.0. The molecule has 0 bridgehead atoms. The van der Waals surface area contributed by atoms with Gasteiger partial charge in [0.05, 0.1) is 6.10 Å². The van der Waals surface area contributed by atoms with Crippen LogP contribution in [0.15, 0.2) is 22.7 Å². The molecule has 2 rings (SSSR count). The van der Waals surface area contributed by atoms with E-state index in [0.29, 0.717) is 23.4 Å². The van der Waals surface area contributed by atoms with Crippen LogP contribution in [0.5, 0.6) is 0 Å². The van der Waals surface area contributed by atoms with Gasteiger partial charge in [0.2, 0.25) is 0 Å². The number of carboxylic acid groups (broad SMARTS) is 1. The van der Waals surface area contributed by atoms with E-state index in [-0.39, 0.29) is 18.6 Å². The molecule has 1 heterocycles. The van der Waals surface area contributed by atoms with Gasteiger partial charge in [0.1, 0.15) is 0 Å². The first-order valence-electron chi connectivity index (χ1n) is 6.08. The maximum absolute atomic E-state index is 12.0. The molecule has 1 saturated heterocycles. The van der Waals surface area contributed by atoms with Gasteiger partial charge in [0.25, 0.3) is 5.91 Å². The fourth-order valence-electron chi connectivity index (χ4n) is 2.03. The van der Waals surface area contributed by atoms with Gasteiger partial charge in [0, 0.05) is 21.6 Å². The molecule has 1 fully saturated rings. The first-order chi connectivity index (χ1) is 9.45. The van der Waals surface area contributed by atoms with Crippen molar-refractivity contribution in [2.24, 2.45) is 0 Å². The van der Waals surface area contributed by atoms with Crippen molar-refractivity contribution < 1.29 is 19.4 Å². The van der Waals surface area contributed by atoms with E-state index in [2.05, 4.69) is 21.2 Å². The fourth-order valence-corrected chi connectivity index (χ4v) is 2.89. The Morgan fingerprint density at radius 1 is 1.40 bits per heavy atom. The van der Waals surface area contributed by atoms with E-state index >= 15 is 0 Å². The molecule has 1 aliphatic heterocycles. The van der Waals surface area contributed by atoms with Crippen LogP contribution in [0.1, 0.15) is 23.2 Å². The number of rotatable bonds is 4. The van der Waals surface area contributed by atoms with E-state index in [0.717, 1.165) is 4.47 Å². The lowest BCUT2D eigenvalue weighted by Gasteiger charge is -2.12. The number of aliphatic carboxylic acids is 1. The van der Waals surface area contributed by atoms with Crippen LogP contribution in [0.4, 0.5) is 0 Å². The zero-order chi connectivity index (χ0) is 14.7. The predicted octanol–water partition coefficient (Wildman–Crippen LogP) is 2.46. The summed E-state index contributed by atoms with van der Waals surface area (Å²) < 4.78 is 6.03. The number of ether oxygens (including phenoxy) is 1. The van der Waals surface area contributed by atoms with Gasteiger partial charge in [-0.05, 0) is 31.0 Å². The number of carbonyl (C=O) groups excluding carboxylic acids is 1. The van der Waals surface area contributed by atoms with Crippen LogP contribution in [0, 0.1) is 0 Å². The number of carbonyl (C=O) groups is 2. The standard InChI is InChI=1S/C13H13BrClNO4/c14-8-3-7(4-9(15)5-8)12(17)16-6-10-1-2-11(20-10)13(18)19/h3-5,10-11H,1-2,6H2,(H,16,17)(H,18,19). The lowest BCUT2D eigenvalue weighted by molar-refractivity contribution is -0.149. The smallest absolute Gasteiger partial charge is 0.332 e. The van der Waals surface area contributed by atoms with Gasteiger partial charge in [-0.25, -0.2) is 4.79 Å². The zero-order valence-electron chi connectivity index (χ0n) is 10.4. The zero-order valence-corrected chi connectivity index (χ0v) is 12.8. The van der Waals surface area contributed by atoms with E-state index < -0.39 is 12.1 Å². The summed E-state index contributed by atoms with van der Waals surface area (Å²) in [5.41, 5.74) is 0.442. The maximum atomic E-state index is 12.0. The molecule has 2 atom stereocenters. The molecule has 2 unspecified atom stereocenters. The van der Waals surface area contributed by atoms with E-state index in [4.69, 9.17) is 21.4 Å². The van der Waals surface area contributed by atoms with E-state index in [1.807, 2.05) is 0 Å². The third-order valence-electron chi connectivity index (χ3n) is 3.00. The second-order valence-electron chi connectivity index (χ2n) is 4.53. The first kappa shape index (κ1) is 15.3.